The second-order valence-electron chi connectivity index (χ2n) is 3.97. The first-order valence-corrected chi connectivity index (χ1v) is 5.57. The molecule has 0 aliphatic heterocycles. The fraction of sp³-hybridized carbons (Fsp3) is 0.538. The number of ether oxygens (including phenoxy) is 1. The van der Waals surface area contributed by atoms with Crippen molar-refractivity contribution in [3.8, 4) is 5.75 Å². The van der Waals surface area contributed by atoms with Gasteiger partial charge in [-0.15, -0.1) is 0 Å². The highest BCUT2D eigenvalue weighted by atomic mass is 16.5. The quantitative estimate of drug-likeness (QED) is 0.801. The predicted molar refractivity (Wildman–Crippen MR) is 64.3 cm³/mol. The molecule has 2 nitrogen and oxygen atoms in total. The van der Waals surface area contributed by atoms with Crippen molar-refractivity contribution in [3.63, 3.8) is 0 Å². The van der Waals surface area contributed by atoms with Crippen molar-refractivity contribution >= 4 is 0 Å². The van der Waals surface area contributed by atoms with Crippen LogP contribution in [0.15, 0.2) is 24.3 Å². The van der Waals surface area contributed by atoms with Gasteiger partial charge in [0.2, 0.25) is 0 Å². The summed E-state index contributed by atoms with van der Waals surface area (Å²) in [5.41, 5.74) is 1.27. The molecule has 0 bridgehead atoms. The third-order valence-corrected chi connectivity index (χ3v) is 2.74. The second-order valence-corrected chi connectivity index (χ2v) is 3.97. The minimum atomic E-state index is 0.370. The Morgan fingerprint density at radius 1 is 1.33 bits per heavy atom. The van der Waals surface area contributed by atoms with Crippen LogP contribution in [0.3, 0.4) is 0 Å². The van der Waals surface area contributed by atoms with E-state index in [0.29, 0.717) is 12.1 Å². The lowest BCUT2D eigenvalue weighted by Crippen LogP contribution is -2.28. The lowest BCUT2D eigenvalue weighted by atomic mass is 10.1. The zero-order valence-corrected chi connectivity index (χ0v) is 10.1. The van der Waals surface area contributed by atoms with Gasteiger partial charge in [0, 0.05) is 12.1 Å². The van der Waals surface area contributed by atoms with Crippen molar-refractivity contribution in [2.24, 2.45) is 0 Å². The van der Waals surface area contributed by atoms with E-state index in [-0.39, 0.29) is 0 Å². The van der Waals surface area contributed by atoms with Gasteiger partial charge in [0.15, 0.2) is 0 Å². The first-order chi connectivity index (χ1) is 7.17. The Labute approximate surface area is 92.6 Å². The average molecular weight is 207 g/mol. The Kier molecular flexibility index (Phi) is 4.63. The predicted octanol–water partition coefficient (Wildman–Crippen LogP) is 3.14. The largest absolute Gasteiger partial charge is 0.497 e. The molecule has 15 heavy (non-hydrogen) atoms. The van der Waals surface area contributed by atoms with Crippen LogP contribution in [0.5, 0.6) is 5.75 Å². The minimum absolute atomic E-state index is 0.370. The van der Waals surface area contributed by atoms with Gasteiger partial charge in [-0.05, 0) is 38.0 Å². The van der Waals surface area contributed by atoms with Crippen LogP contribution in [0.25, 0.3) is 0 Å². The number of benzene rings is 1. The van der Waals surface area contributed by atoms with E-state index in [2.05, 4.69) is 38.2 Å². The average Bonchev–Trinajstić information content (AvgIpc) is 2.28. The molecule has 0 radical (unpaired) electrons. The Balaban J connectivity index is 2.68. The lowest BCUT2D eigenvalue weighted by Gasteiger charge is -2.19. The van der Waals surface area contributed by atoms with Crippen molar-refractivity contribution < 1.29 is 4.74 Å². The van der Waals surface area contributed by atoms with Gasteiger partial charge in [-0.1, -0.05) is 19.1 Å². The Morgan fingerprint density at radius 2 is 2.07 bits per heavy atom. The summed E-state index contributed by atoms with van der Waals surface area (Å²) >= 11 is 0. The van der Waals surface area contributed by atoms with Crippen LogP contribution >= 0.6 is 0 Å². The van der Waals surface area contributed by atoms with E-state index in [4.69, 9.17) is 4.74 Å². The maximum atomic E-state index is 5.21. The summed E-state index contributed by atoms with van der Waals surface area (Å²) in [5.74, 6) is 0.922. The molecule has 0 saturated carbocycles. The number of hydrogen-bond acceptors (Lipinski definition) is 2. The molecule has 0 aliphatic carbocycles. The Hall–Kier alpha value is -1.02. The molecule has 0 aliphatic rings. The molecule has 1 N–H and O–H groups in total. The SMILES string of the molecule is CCC(C)N[C@@H](C)c1cccc(OC)c1. The third-order valence-electron chi connectivity index (χ3n) is 2.74. The first-order valence-electron chi connectivity index (χ1n) is 5.57. The van der Waals surface area contributed by atoms with Gasteiger partial charge in [0.1, 0.15) is 5.75 Å². The fourth-order valence-corrected chi connectivity index (χ4v) is 1.55. The molecule has 0 heterocycles. The zero-order valence-electron chi connectivity index (χ0n) is 10.1. The topological polar surface area (TPSA) is 21.3 Å². The Bertz CT molecular complexity index is 298. The summed E-state index contributed by atoms with van der Waals surface area (Å²) in [6, 6.07) is 9.13. The maximum Gasteiger partial charge on any atom is 0.119 e. The molecule has 2 atom stereocenters. The standard InChI is InChI=1S/C13H21NO/c1-5-10(2)14-11(3)12-7-6-8-13(9-12)15-4/h6-11,14H,5H2,1-4H3/t10?,11-/m0/s1. The number of hydrogen-bond donors (Lipinski definition) is 1. The van der Waals surface area contributed by atoms with Crippen molar-refractivity contribution in [2.45, 2.75) is 39.3 Å². The van der Waals surface area contributed by atoms with Gasteiger partial charge in [0.25, 0.3) is 0 Å². The lowest BCUT2D eigenvalue weighted by molar-refractivity contribution is 0.412. The minimum Gasteiger partial charge on any atom is -0.497 e. The van der Waals surface area contributed by atoms with Crippen molar-refractivity contribution in [1.29, 1.82) is 0 Å². The molecule has 1 aromatic carbocycles. The molecular weight excluding hydrogens is 186 g/mol. The van der Waals surface area contributed by atoms with Gasteiger partial charge < -0.3 is 10.1 Å². The van der Waals surface area contributed by atoms with E-state index >= 15 is 0 Å². The van der Waals surface area contributed by atoms with E-state index < -0.39 is 0 Å². The van der Waals surface area contributed by atoms with Crippen LogP contribution in [0, 0.1) is 0 Å². The highest BCUT2D eigenvalue weighted by Crippen LogP contribution is 2.19. The Morgan fingerprint density at radius 3 is 2.67 bits per heavy atom. The van der Waals surface area contributed by atoms with Crippen LogP contribution in [0.2, 0.25) is 0 Å². The van der Waals surface area contributed by atoms with Crippen LogP contribution in [0.4, 0.5) is 0 Å². The maximum absolute atomic E-state index is 5.21. The fourth-order valence-electron chi connectivity index (χ4n) is 1.55. The molecular formula is C13H21NO. The van der Waals surface area contributed by atoms with E-state index in [1.165, 1.54) is 5.56 Å². The summed E-state index contributed by atoms with van der Waals surface area (Å²) in [6.45, 7) is 6.58. The second kappa shape index (κ2) is 5.76. The van der Waals surface area contributed by atoms with E-state index in [9.17, 15) is 0 Å². The highest BCUT2D eigenvalue weighted by molar-refractivity contribution is 5.30. The number of methoxy groups -OCH3 is 1. The molecule has 0 amide bonds. The molecule has 0 fully saturated rings. The first kappa shape index (κ1) is 12.1. The van der Waals surface area contributed by atoms with Gasteiger partial charge in [-0.25, -0.2) is 0 Å². The monoisotopic (exact) mass is 207 g/mol. The summed E-state index contributed by atoms with van der Waals surface area (Å²) < 4.78 is 5.21. The summed E-state index contributed by atoms with van der Waals surface area (Å²) in [5, 5.41) is 3.54. The molecule has 0 spiro atoms. The third kappa shape index (κ3) is 3.56. The number of rotatable bonds is 5. The van der Waals surface area contributed by atoms with Crippen LogP contribution in [-0.2, 0) is 0 Å². The van der Waals surface area contributed by atoms with Gasteiger partial charge >= 0.3 is 0 Å². The van der Waals surface area contributed by atoms with Crippen LogP contribution < -0.4 is 10.1 Å². The smallest absolute Gasteiger partial charge is 0.119 e. The summed E-state index contributed by atoms with van der Waals surface area (Å²) in [7, 11) is 1.70. The molecule has 1 unspecified atom stereocenters. The molecule has 0 saturated heterocycles. The van der Waals surface area contributed by atoms with E-state index in [1.807, 2.05) is 12.1 Å². The highest BCUT2D eigenvalue weighted by Gasteiger charge is 2.08. The van der Waals surface area contributed by atoms with Crippen LogP contribution in [0.1, 0.15) is 38.8 Å². The molecule has 2 heteroatoms. The normalized spacial score (nSPS) is 14.7. The van der Waals surface area contributed by atoms with Gasteiger partial charge in [-0.2, -0.15) is 0 Å². The molecule has 84 valence electrons. The summed E-state index contributed by atoms with van der Waals surface area (Å²) in [6.07, 6.45) is 1.15. The zero-order chi connectivity index (χ0) is 11.3. The van der Waals surface area contributed by atoms with Crippen molar-refractivity contribution in [1.82, 2.24) is 5.32 Å². The van der Waals surface area contributed by atoms with Crippen molar-refractivity contribution in [3.05, 3.63) is 29.8 Å². The number of nitrogens with one attached hydrogen (secondary N) is 1. The van der Waals surface area contributed by atoms with E-state index in [1.54, 1.807) is 7.11 Å². The summed E-state index contributed by atoms with van der Waals surface area (Å²) in [4.78, 5) is 0. The van der Waals surface area contributed by atoms with Gasteiger partial charge in [-0.3, -0.25) is 0 Å². The molecule has 1 rings (SSSR count). The van der Waals surface area contributed by atoms with Crippen molar-refractivity contribution in [2.75, 3.05) is 7.11 Å². The molecule has 1 aromatic rings. The van der Waals surface area contributed by atoms with E-state index in [0.717, 1.165) is 12.2 Å². The van der Waals surface area contributed by atoms with Crippen LogP contribution in [-0.4, -0.2) is 13.2 Å². The molecule has 0 aromatic heterocycles. The van der Waals surface area contributed by atoms with Gasteiger partial charge in [0.05, 0.1) is 7.11 Å².